The number of nitrogens with zero attached hydrogens (tertiary/aromatic N) is 3. The highest BCUT2D eigenvalue weighted by Gasteiger charge is 2.31. The highest BCUT2D eigenvalue weighted by atomic mass is 32.1. The minimum absolute atomic E-state index is 0.241. The lowest BCUT2D eigenvalue weighted by molar-refractivity contribution is -0.137. The van der Waals surface area contributed by atoms with Gasteiger partial charge in [0.25, 0.3) is 0 Å². The Kier molecular flexibility index (Phi) is 7.35. The van der Waals surface area contributed by atoms with Crippen LogP contribution < -0.4 is 11.1 Å². The van der Waals surface area contributed by atoms with Crippen molar-refractivity contribution in [3.63, 3.8) is 0 Å². The van der Waals surface area contributed by atoms with E-state index >= 15 is 0 Å². The molecule has 190 valence electrons. The molecule has 0 aliphatic rings. The number of hydrogen-bond donors (Lipinski definition) is 2. The number of pyridine rings is 1. The zero-order valence-electron chi connectivity index (χ0n) is 20.6. The fourth-order valence-electron chi connectivity index (χ4n) is 3.64. The molecule has 0 radical (unpaired) electrons. The van der Waals surface area contributed by atoms with Crippen molar-refractivity contribution in [3.8, 4) is 11.4 Å². The van der Waals surface area contributed by atoms with Crippen molar-refractivity contribution in [1.82, 2.24) is 14.4 Å². The number of imidazole rings is 1. The van der Waals surface area contributed by atoms with E-state index in [4.69, 9.17) is 5.73 Å². The molecule has 0 spiro atoms. The minimum Gasteiger partial charge on any atom is -0.399 e. The number of fused-ring (bicyclic) bond motifs is 1. The van der Waals surface area contributed by atoms with E-state index in [-0.39, 0.29) is 5.65 Å². The van der Waals surface area contributed by atoms with Gasteiger partial charge in [0, 0.05) is 23.0 Å². The van der Waals surface area contributed by atoms with Gasteiger partial charge in [0.05, 0.1) is 17.0 Å². The number of thiazole rings is 1. The third-order valence-corrected chi connectivity index (χ3v) is 6.45. The van der Waals surface area contributed by atoms with Crippen molar-refractivity contribution in [3.05, 3.63) is 101 Å². The van der Waals surface area contributed by atoms with Gasteiger partial charge in [-0.1, -0.05) is 42.5 Å². The summed E-state index contributed by atoms with van der Waals surface area (Å²) in [6.45, 7) is 9.63. The Balaban J connectivity index is 0.000000342. The number of nitrogens with two attached hydrogens (primary N) is 1. The van der Waals surface area contributed by atoms with Crippen LogP contribution in [0.1, 0.15) is 29.3 Å². The van der Waals surface area contributed by atoms with Crippen LogP contribution in [-0.2, 0) is 6.18 Å². The number of allylic oxidation sites excluding steroid dienone is 1. The summed E-state index contributed by atoms with van der Waals surface area (Å²) >= 11 is 1.42. The summed E-state index contributed by atoms with van der Waals surface area (Å²) < 4.78 is 40.5. The van der Waals surface area contributed by atoms with Crippen LogP contribution in [0.3, 0.4) is 0 Å². The van der Waals surface area contributed by atoms with Crippen molar-refractivity contribution in [1.29, 1.82) is 0 Å². The Labute approximate surface area is 217 Å². The van der Waals surface area contributed by atoms with Crippen molar-refractivity contribution in [2.75, 3.05) is 11.1 Å². The quantitative estimate of drug-likeness (QED) is 0.234. The molecule has 5 aromatic rings. The average Bonchev–Trinajstić information content (AvgIpc) is 3.43. The molecule has 3 aromatic heterocycles. The van der Waals surface area contributed by atoms with Gasteiger partial charge in [-0.25, -0.2) is 9.97 Å². The third-order valence-electron chi connectivity index (χ3n) is 5.69. The summed E-state index contributed by atoms with van der Waals surface area (Å²) in [6, 6.07) is 17.8. The van der Waals surface area contributed by atoms with Crippen LogP contribution >= 0.6 is 11.3 Å². The Morgan fingerprint density at radius 2 is 1.73 bits per heavy atom. The SMILES string of the molecule is C=C(C)c1ccc(Nc2nc(-c3c(C)nc4cc(C(F)(F)F)ccn34)cs2)cc1.Cc1ccccc1N. The molecule has 0 fully saturated rings. The molecule has 0 unspecified atom stereocenters. The summed E-state index contributed by atoms with van der Waals surface area (Å²) in [5.41, 5.74) is 11.9. The molecule has 3 N–H and O–H groups in total. The number of para-hydroxylation sites is 1. The Bertz CT molecular complexity index is 1530. The number of halogens is 3. The van der Waals surface area contributed by atoms with Gasteiger partial charge in [0.15, 0.2) is 5.13 Å². The first kappa shape index (κ1) is 26.0. The molecule has 5 nitrogen and oxygen atoms in total. The van der Waals surface area contributed by atoms with Crippen LogP contribution in [0.15, 0.2) is 78.8 Å². The maximum absolute atomic E-state index is 13.0. The van der Waals surface area contributed by atoms with E-state index in [0.29, 0.717) is 22.2 Å². The summed E-state index contributed by atoms with van der Waals surface area (Å²) in [4.78, 5) is 8.88. The van der Waals surface area contributed by atoms with Crippen molar-refractivity contribution in [2.24, 2.45) is 0 Å². The standard InChI is InChI=1S/C21H17F3N4S.C7H9N/c1-12(2)14-4-6-16(7-5-14)26-20-27-17(11-29-20)19-13(3)25-18-10-15(21(22,23)24)8-9-28(18)19;1-6-4-2-3-5-7(6)8/h4-11H,1H2,2-3H3,(H,26,27);2-5H,8H2,1H3. The lowest BCUT2D eigenvalue weighted by atomic mass is 10.1. The molecule has 9 heteroatoms. The number of rotatable bonds is 4. The summed E-state index contributed by atoms with van der Waals surface area (Å²) in [6.07, 6.45) is -3.02. The van der Waals surface area contributed by atoms with Crippen LogP contribution in [0.25, 0.3) is 22.6 Å². The maximum Gasteiger partial charge on any atom is 0.416 e. The topological polar surface area (TPSA) is 68.2 Å². The van der Waals surface area contributed by atoms with Crippen LogP contribution in [0, 0.1) is 13.8 Å². The Morgan fingerprint density at radius 3 is 2.32 bits per heavy atom. The van der Waals surface area contributed by atoms with E-state index in [1.807, 2.05) is 67.8 Å². The van der Waals surface area contributed by atoms with E-state index in [1.54, 1.807) is 11.3 Å². The van der Waals surface area contributed by atoms with Crippen LogP contribution in [-0.4, -0.2) is 14.4 Å². The Hall–Kier alpha value is -4.11. The smallest absolute Gasteiger partial charge is 0.399 e. The predicted octanol–water partition coefficient (Wildman–Crippen LogP) is 8.14. The van der Waals surface area contributed by atoms with Gasteiger partial charge in [-0.2, -0.15) is 13.2 Å². The van der Waals surface area contributed by atoms with Crippen LogP contribution in [0.2, 0.25) is 0 Å². The number of nitrogens with one attached hydrogen (secondary N) is 1. The second kappa shape index (κ2) is 10.5. The number of anilines is 3. The highest BCUT2D eigenvalue weighted by Crippen LogP contribution is 2.33. The molecular formula is C28H26F3N5S. The van der Waals surface area contributed by atoms with Gasteiger partial charge in [0.1, 0.15) is 11.3 Å². The molecule has 0 atom stereocenters. The summed E-state index contributed by atoms with van der Waals surface area (Å²) in [5.74, 6) is 0. The zero-order valence-corrected chi connectivity index (χ0v) is 21.4. The van der Waals surface area contributed by atoms with Gasteiger partial charge >= 0.3 is 6.18 Å². The van der Waals surface area contributed by atoms with E-state index in [9.17, 15) is 13.2 Å². The number of nitrogen functional groups attached to an aromatic ring is 1. The number of benzene rings is 2. The number of aryl methyl sites for hydroxylation is 2. The molecular weight excluding hydrogens is 495 g/mol. The molecule has 0 amide bonds. The molecule has 0 bridgehead atoms. The van der Waals surface area contributed by atoms with Crippen molar-refractivity contribution >= 4 is 39.1 Å². The van der Waals surface area contributed by atoms with Crippen molar-refractivity contribution < 1.29 is 13.2 Å². The van der Waals surface area contributed by atoms with E-state index in [2.05, 4.69) is 21.9 Å². The molecule has 2 aromatic carbocycles. The summed E-state index contributed by atoms with van der Waals surface area (Å²) in [7, 11) is 0. The van der Waals surface area contributed by atoms with E-state index in [1.165, 1.54) is 17.5 Å². The summed E-state index contributed by atoms with van der Waals surface area (Å²) in [5, 5.41) is 5.79. The monoisotopic (exact) mass is 521 g/mol. The second-order valence-electron chi connectivity index (χ2n) is 8.56. The second-order valence-corrected chi connectivity index (χ2v) is 9.42. The largest absolute Gasteiger partial charge is 0.416 e. The highest BCUT2D eigenvalue weighted by molar-refractivity contribution is 7.14. The lowest BCUT2D eigenvalue weighted by Crippen LogP contribution is -2.05. The third kappa shape index (κ3) is 6.00. The molecule has 0 aliphatic heterocycles. The number of aromatic nitrogens is 3. The Morgan fingerprint density at radius 1 is 1.03 bits per heavy atom. The fourth-order valence-corrected chi connectivity index (χ4v) is 4.35. The molecule has 5 rings (SSSR count). The number of hydrogen-bond acceptors (Lipinski definition) is 5. The average molecular weight is 522 g/mol. The van der Waals surface area contributed by atoms with Crippen molar-refractivity contribution in [2.45, 2.75) is 26.9 Å². The minimum atomic E-state index is -4.40. The molecule has 0 aliphatic carbocycles. The molecule has 0 saturated carbocycles. The van der Waals surface area contributed by atoms with Gasteiger partial charge in [-0.15, -0.1) is 11.3 Å². The normalized spacial score (nSPS) is 11.2. The van der Waals surface area contributed by atoms with Gasteiger partial charge in [-0.3, -0.25) is 4.40 Å². The first-order valence-corrected chi connectivity index (χ1v) is 12.3. The first-order chi connectivity index (χ1) is 17.5. The first-order valence-electron chi connectivity index (χ1n) is 11.4. The molecule has 37 heavy (non-hydrogen) atoms. The predicted molar refractivity (Wildman–Crippen MR) is 146 cm³/mol. The van der Waals surface area contributed by atoms with E-state index < -0.39 is 11.7 Å². The van der Waals surface area contributed by atoms with Gasteiger partial charge < -0.3 is 11.1 Å². The lowest BCUT2D eigenvalue weighted by Gasteiger charge is -2.07. The van der Waals surface area contributed by atoms with Gasteiger partial charge in [-0.05, 0) is 62.2 Å². The fraction of sp³-hybridized carbons (Fsp3) is 0.143. The molecule has 3 heterocycles. The van der Waals surface area contributed by atoms with Crippen LogP contribution in [0.5, 0.6) is 0 Å². The van der Waals surface area contributed by atoms with Crippen LogP contribution in [0.4, 0.5) is 29.7 Å². The number of alkyl halides is 3. The molecule has 0 saturated heterocycles. The van der Waals surface area contributed by atoms with E-state index in [0.717, 1.165) is 40.2 Å². The zero-order chi connectivity index (χ0) is 26.7. The van der Waals surface area contributed by atoms with Gasteiger partial charge in [0.2, 0.25) is 0 Å². The maximum atomic E-state index is 13.0.